The van der Waals surface area contributed by atoms with Crippen molar-refractivity contribution in [2.45, 2.75) is 38.4 Å². The van der Waals surface area contributed by atoms with E-state index >= 15 is 0 Å². The minimum Gasteiger partial charge on any atom is -0.342 e. The average Bonchev–Trinajstić information content (AvgIpc) is 2.48. The number of rotatable bonds is 4. The van der Waals surface area contributed by atoms with Crippen LogP contribution in [-0.4, -0.2) is 47.9 Å². The number of nitrogens with two attached hydrogens (primary N) is 1. The zero-order chi connectivity index (χ0) is 14.5. The van der Waals surface area contributed by atoms with E-state index in [1.54, 1.807) is 0 Å². The van der Waals surface area contributed by atoms with Crippen LogP contribution in [0.1, 0.15) is 25.3 Å². The summed E-state index contributed by atoms with van der Waals surface area (Å²) in [6, 6.07) is 11.4. The number of carbonyl (C=O) groups excluding carboxylic acids is 1. The van der Waals surface area contributed by atoms with Crippen LogP contribution >= 0.6 is 0 Å². The van der Waals surface area contributed by atoms with Gasteiger partial charge < -0.3 is 10.6 Å². The quantitative estimate of drug-likeness (QED) is 0.905. The van der Waals surface area contributed by atoms with Crippen molar-refractivity contribution < 1.29 is 4.79 Å². The van der Waals surface area contributed by atoms with Crippen molar-refractivity contribution in [2.24, 2.45) is 5.73 Å². The van der Waals surface area contributed by atoms with Crippen LogP contribution in [0.2, 0.25) is 0 Å². The van der Waals surface area contributed by atoms with E-state index in [0.717, 1.165) is 25.9 Å². The highest BCUT2D eigenvalue weighted by Crippen LogP contribution is 2.22. The first-order valence-electron chi connectivity index (χ1n) is 7.35. The van der Waals surface area contributed by atoms with E-state index in [1.165, 1.54) is 5.56 Å². The third kappa shape index (κ3) is 3.58. The molecule has 0 aromatic heterocycles. The topological polar surface area (TPSA) is 49.6 Å². The number of likely N-dealkylation sites (tertiary alicyclic amines) is 1. The lowest BCUT2D eigenvalue weighted by molar-refractivity contribution is -0.131. The molecule has 110 valence electrons. The molecule has 0 radical (unpaired) electrons. The lowest BCUT2D eigenvalue weighted by Gasteiger charge is -2.41. The van der Waals surface area contributed by atoms with Gasteiger partial charge in [0.2, 0.25) is 5.91 Å². The molecule has 4 nitrogen and oxygen atoms in total. The standard InChI is InChI=1S/C16H25N3O/c1-13-10-15(18(2)16(20)11-17)8-9-19(13)12-14-6-4-3-5-7-14/h3-7,13,15H,8-12,17H2,1-2H3/t13-,15+/m0/s1. The molecular weight excluding hydrogens is 250 g/mol. The fourth-order valence-corrected chi connectivity index (χ4v) is 2.95. The van der Waals surface area contributed by atoms with Gasteiger partial charge >= 0.3 is 0 Å². The van der Waals surface area contributed by atoms with Crippen LogP contribution in [0.3, 0.4) is 0 Å². The van der Waals surface area contributed by atoms with E-state index in [2.05, 4.69) is 36.1 Å². The fraction of sp³-hybridized carbons (Fsp3) is 0.562. The van der Waals surface area contributed by atoms with E-state index in [-0.39, 0.29) is 12.5 Å². The molecule has 0 aliphatic carbocycles. The Morgan fingerprint density at radius 2 is 2.10 bits per heavy atom. The van der Waals surface area contributed by atoms with Crippen LogP contribution in [0.5, 0.6) is 0 Å². The summed E-state index contributed by atoms with van der Waals surface area (Å²) in [4.78, 5) is 16.0. The molecule has 1 amide bonds. The molecule has 20 heavy (non-hydrogen) atoms. The largest absolute Gasteiger partial charge is 0.342 e. The maximum absolute atomic E-state index is 11.7. The highest BCUT2D eigenvalue weighted by Gasteiger charge is 2.29. The number of hydrogen-bond acceptors (Lipinski definition) is 3. The number of piperidine rings is 1. The van der Waals surface area contributed by atoms with Crippen LogP contribution in [0.25, 0.3) is 0 Å². The van der Waals surface area contributed by atoms with Crippen molar-refractivity contribution in [3.8, 4) is 0 Å². The van der Waals surface area contributed by atoms with Gasteiger partial charge in [-0.25, -0.2) is 0 Å². The highest BCUT2D eigenvalue weighted by molar-refractivity contribution is 5.78. The predicted octanol–water partition coefficient (Wildman–Crippen LogP) is 1.46. The smallest absolute Gasteiger partial charge is 0.236 e. The molecule has 0 unspecified atom stereocenters. The molecule has 0 spiro atoms. The second-order valence-electron chi connectivity index (χ2n) is 5.69. The van der Waals surface area contributed by atoms with Gasteiger partial charge in [-0.05, 0) is 25.3 Å². The van der Waals surface area contributed by atoms with Gasteiger partial charge in [-0.15, -0.1) is 0 Å². The molecule has 1 fully saturated rings. The van der Waals surface area contributed by atoms with Crippen LogP contribution in [0, 0.1) is 0 Å². The van der Waals surface area contributed by atoms with Gasteiger partial charge in [-0.2, -0.15) is 0 Å². The van der Waals surface area contributed by atoms with Gasteiger partial charge in [0.1, 0.15) is 0 Å². The summed E-state index contributed by atoms with van der Waals surface area (Å²) in [5.74, 6) is 0.0405. The molecule has 0 saturated carbocycles. The summed E-state index contributed by atoms with van der Waals surface area (Å²) in [6.07, 6.45) is 2.05. The van der Waals surface area contributed by atoms with Crippen LogP contribution in [0.4, 0.5) is 0 Å². The van der Waals surface area contributed by atoms with Crippen LogP contribution in [0.15, 0.2) is 30.3 Å². The molecule has 4 heteroatoms. The fourth-order valence-electron chi connectivity index (χ4n) is 2.95. The summed E-state index contributed by atoms with van der Waals surface area (Å²) in [5, 5.41) is 0. The SMILES string of the molecule is C[C@H]1C[C@H](N(C)C(=O)CN)CCN1Cc1ccccc1. The summed E-state index contributed by atoms with van der Waals surface area (Å²) >= 11 is 0. The lowest BCUT2D eigenvalue weighted by atomic mass is 9.96. The minimum absolute atomic E-state index is 0.0405. The Morgan fingerprint density at radius 3 is 2.70 bits per heavy atom. The van der Waals surface area contributed by atoms with Crippen molar-refractivity contribution in [3.63, 3.8) is 0 Å². The Morgan fingerprint density at radius 1 is 1.40 bits per heavy atom. The van der Waals surface area contributed by atoms with Gasteiger partial charge in [0.15, 0.2) is 0 Å². The van der Waals surface area contributed by atoms with Gasteiger partial charge in [-0.3, -0.25) is 9.69 Å². The average molecular weight is 275 g/mol. The Kier molecular flexibility index (Phi) is 5.15. The number of hydrogen-bond donors (Lipinski definition) is 1. The lowest BCUT2D eigenvalue weighted by Crippen LogP contribution is -2.50. The minimum atomic E-state index is 0.0405. The molecular formula is C16H25N3O. The Hall–Kier alpha value is -1.39. The summed E-state index contributed by atoms with van der Waals surface area (Å²) in [7, 11) is 1.87. The second-order valence-corrected chi connectivity index (χ2v) is 5.69. The van der Waals surface area contributed by atoms with Gasteiger partial charge in [0.05, 0.1) is 6.54 Å². The van der Waals surface area contributed by atoms with Crippen molar-refractivity contribution in [1.82, 2.24) is 9.80 Å². The summed E-state index contributed by atoms with van der Waals surface area (Å²) < 4.78 is 0. The third-order valence-electron chi connectivity index (χ3n) is 4.33. The first-order chi connectivity index (χ1) is 9.61. The van der Waals surface area contributed by atoms with E-state index in [0.29, 0.717) is 12.1 Å². The van der Waals surface area contributed by atoms with Gasteiger partial charge in [0.25, 0.3) is 0 Å². The van der Waals surface area contributed by atoms with E-state index < -0.39 is 0 Å². The molecule has 2 atom stereocenters. The predicted molar refractivity (Wildman–Crippen MR) is 81.2 cm³/mol. The van der Waals surface area contributed by atoms with Gasteiger partial charge in [-0.1, -0.05) is 30.3 Å². The van der Waals surface area contributed by atoms with Gasteiger partial charge in [0, 0.05) is 32.2 Å². The summed E-state index contributed by atoms with van der Waals surface area (Å²) in [6.45, 7) is 4.37. The Bertz CT molecular complexity index is 435. The molecule has 2 rings (SSSR count). The Balaban J connectivity index is 1.91. The maximum Gasteiger partial charge on any atom is 0.236 e. The molecule has 1 aliphatic rings. The van der Waals surface area contributed by atoms with Crippen molar-refractivity contribution >= 4 is 5.91 Å². The zero-order valence-corrected chi connectivity index (χ0v) is 12.5. The Labute approximate surface area is 121 Å². The molecule has 1 saturated heterocycles. The van der Waals surface area contributed by atoms with Crippen molar-refractivity contribution in [2.75, 3.05) is 20.1 Å². The highest BCUT2D eigenvalue weighted by atomic mass is 16.2. The van der Waals surface area contributed by atoms with Crippen molar-refractivity contribution in [1.29, 1.82) is 0 Å². The first-order valence-corrected chi connectivity index (χ1v) is 7.35. The molecule has 1 aromatic rings. The molecule has 1 heterocycles. The second kappa shape index (κ2) is 6.86. The van der Waals surface area contributed by atoms with Crippen LogP contribution < -0.4 is 5.73 Å². The van der Waals surface area contributed by atoms with E-state index in [9.17, 15) is 4.79 Å². The molecule has 0 bridgehead atoms. The number of carbonyl (C=O) groups is 1. The monoisotopic (exact) mass is 275 g/mol. The maximum atomic E-state index is 11.7. The zero-order valence-electron chi connectivity index (χ0n) is 12.5. The molecule has 1 aromatic carbocycles. The number of benzene rings is 1. The normalized spacial score (nSPS) is 23.6. The van der Waals surface area contributed by atoms with E-state index in [4.69, 9.17) is 5.73 Å². The third-order valence-corrected chi connectivity index (χ3v) is 4.33. The summed E-state index contributed by atoms with van der Waals surface area (Å²) in [5.41, 5.74) is 6.79. The number of nitrogens with zero attached hydrogens (tertiary/aromatic N) is 2. The molecule has 2 N–H and O–H groups in total. The van der Waals surface area contributed by atoms with Crippen molar-refractivity contribution in [3.05, 3.63) is 35.9 Å². The number of likely N-dealkylation sites (N-methyl/N-ethyl adjacent to an activating group) is 1. The number of amides is 1. The molecule has 1 aliphatic heterocycles. The first kappa shape index (κ1) is 15.0. The van der Waals surface area contributed by atoms with Crippen LogP contribution in [-0.2, 0) is 11.3 Å². The van der Waals surface area contributed by atoms with E-state index in [1.807, 2.05) is 18.0 Å².